The van der Waals surface area contributed by atoms with Crippen LogP contribution in [0.2, 0.25) is 5.15 Å². The first-order valence-electron chi connectivity index (χ1n) is 17.7. The summed E-state index contributed by atoms with van der Waals surface area (Å²) in [7, 11) is -2.38. The molecule has 16 heteroatoms. The topological polar surface area (TPSA) is 183 Å². The normalized spacial score (nSPS) is 25.3. The van der Waals surface area contributed by atoms with E-state index in [2.05, 4.69) is 26.6 Å². The Morgan fingerprint density at radius 3 is 2.42 bits per heavy atom. The van der Waals surface area contributed by atoms with Crippen LogP contribution in [0.5, 0.6) is 11.6 Å². The summed E-state index contributed by atoms with van der Waals surface area (Å²) in [6.07, 6.45) is 4.86. The summed E-state index contributed by atoms with van der Waals surface area (Å²) in [5, 5.41) is 2.11. The third-order valence-corrected chi connectivity index (χ3v) is 12.6. The molecule has 2 N–H and O–H groups in total. The van der Waals surface area contributed by atoms with Crippen LogP contribution in [-0.2, 0) is 33.9 Å². The number of hydrogen-bond donors (Lipinski definition) is 2. The van der Waals surface area contributed by atoms with E-state index in [0.717, 1.165) is 25.7 Å². The molecule has 0 spiro atoms. The van der Waals surface area contributed by atoms with Crippen LogP contribution >= 0.6 is 11.6 Å². The summed E-state index contributed by atoms with van der Waals surface area (Å²) < 4.78 is 44.8. The lowest BCUT2D eigenvalue weighted by Gasteiger charge is -2.35. The van der Waals surface area contributed by atoms with Crippen LogP contribution in [0, 0.1) is 17.3 Å². The largest absolute Gasteiger partial charge is 0.497 e. The Labute approximate surface area is 308 Å². The van der Waals surface area contributed by atoms with E-state index in [1.54, 1.807) is 18.2 Å². The Balaban J connectivity index is 1.27. The van der Waals surface area contributed by atoms with Crippen molar-refractivity contribution in [1.82, 2.24) is 24.9 Å². The van der Waals surface area contributed by atoms with Gasteiger partial charge in [0.05, 0.1) is 42.3 Å². The number of nitrogens with zero attached hydrogens (tertiary/aromatic N) is 3. The lowest BCUT2D eigenvalue weighted by molar-refractivity contribution is -0.156. The molecule has 4 aliphatic rings. The molecule has 1 saturated heterocycles. The highest BCUT2D eigenvalue weighted by Crippen LogP contribution is 2.46. The van der Waals surface area contributed by atoms with Gasteiger partial charge in [-0.3, -0.25) is 23.9 Å². The van der Waals surface area contributed by atoms with Crippen LogP contribution in [0.25, 0.3) is 11.0 Å². The van der Waals surface area contributed by atoms with Gasteiger partial charge in [0.15, 0.2) is 5.15 Å². The molecule has 52 heavy (non-hydrogen) atoms. The molecule has 1 aromatic carbocycles. The summed E-state index contributed by atoms with van der Waals surface area (Å²) in [6, 6.07) is 3.94. The quantitative estimate of drug-likeness (QED) is 0.224. The number of nitrogens with one attached hydrogen (secondary N) is 2. The number of hydrogen-bond acceptors (Lipinski definition) is 11. The molecule has 0 unspecified atom stereocenters. The van der Waals surface area contributed by atoms with E-state index in [4.69, 9.17) is 25.8 Å². The molecule has 1 aromatic heterocycles. The Hall–Kier alpha value is -3.98. The van der Waals surface area contributed by atoms with Gasteiger partial charge in [0, 0.05) is 18.4 Å². The second-order valence-electron chi connectivity index (χ2n) is 15.4. The predicted octanol–water partition coefficient (Wildman–Crippen LogP) is 3.85. The number of carbonyl (C=O) groups is 4. The fraction of sp³-hybridized carbons (Fsp3) is 0.611. The van der Waals surface area contributed by atoms with E-state index >= 15 is 0 Å². The highest BCUT2D eigenvalue weighted by atomic mass is 35.5. The monoisotopic (exact) mass is 759 g/mol. The third kappa shape index (κ3) is 7.99. The number of ether oxygens (including phenoxy) is 3. The maximum absolute atomic E-state index is 14.5. The molecule has 4 fully saturated rings. The van der Waals surface area contributed by atoms with Crippen molar-refractivity contribution in [2.45, 2.75) is 108 Å². The van der Waals surface area contributed by atoms with Crippen molar-refractivity contribution in [2.24, 2.45) is 17.3 Å². The number of likely N-dealkylation sites (tertiary alicyclic amines) is 1. The van der Waals surface area contributed by atoms with Crippen LogP contribution in [0.15, 0.2) is 30.9 Å². The van der Waals surface area contributed by atoms with Crippen molar-refractivity contribution < 1.29 is 41.8 Å². The first-order valence-corrected chi connectivity index (χ1v) is 19.7. The Kier molecular flexibility index (Phi) is 10.5. The number of amides is 3. The molecule has 3 saturated carbocycles. The molecule has 3 aliphatic carbocycles. The van der Waals surface area contributed by atoms with Gasteiger partial charge in [-0.05, 0) is 62.5 Å². The number of carbonyl (C=O) groups excluding carboxylic acids is 4. The number of aromatic nitrogens is 2. The molecule has 3 amide bonds. The average Bonchev–Trinajstić information content (AvgIpc) is 3.97. The zero-order chi connectivity index (χ0) is 37.6. The van der Waals surface area contributed by atoms with Crippen molar-refractivity contribution in [3.63, 3.8) is 0 Å². The molecule has 0 radical (unpaired) electrons. The van der Waals surface area contributed by atoms with Gasteiger partial charge in [-0.2, -0.15) is 0 Å². The van der Waals surface area contributed by atoms with Crippen molar-refractivity contribution in [3.05, 3.63) is 36.0 Å². The predicted molar refractivity (Wildman–Crippen MR) is 191 cm³/mol. The molecule has 2 aromatic rings. The molecule has 14 nitrogen and oxygen atoms in total. The van der Waals surface area contributed by atoms with Crippen molar-refractivity contribution in [3.8, 4) is 11.6 Å². The minimum absolute atomic E-state index is 0.0107. The second-order valence-corrected chi connectivity index (χ2v) is 17.7. The smallest absolute Gasteiger partial charge is 0.306 e. The van der Waals surface area contributed by atoms with Crippen LogP contribution in [0.1, 0.15) is 78.6 Å². The highest BCUT2D eigenvalue weighted by Gasteiger charge is 2.62. The number of halogens is 1. The van der Waals surface area contributed by atoms with Gasteiger partial charge in [-0.1, -0.05) is 38.4 Å². The van der Waals surface area contributed by atoms with Crippen LogP contribution in [0.4, 0.5) is 0 Å². The molecule has 6 rings (SSSR count). The maximum Gasteiger partial charge on any atom is 0.306 e. The van der Waals surface area contributed by atoms with Crippen molar-refractivity contribution in [1.29, 1.82) is 0 Å². The highest BCUT2D eigenvalue weighted by molar-refractivity contribution is 7.91. The standard InChI is InChI=1S/C36H46ClN5O9S/c1-6-20-18-36(20,34(46)41-52(47,48)24-12-13-24)40-31(44)28-16-23(51-32-30(37)38-26-14-11-22(49-5)15-27(26)39-32)19-42(28)33(45)25(35(2,3)4)17-29(43)50-21-9-7-8-10-21/h6,11,14-15,20-21,23-25,28H,1,7-10,12-13,16-19H2,2-5H3,(H,40,44)(H,41,46)/t20-,23-,25-,28+,36-/m1/s1. The van der Waals surface area contributed by atoms with Gasteiger partial charge >= 0.3 is 5.97 Å². The molecule has 0 bridgehead atoms. The number of fused-ring (bicyclic) bond motifs is 1. The number of esters is 1. The number of benzene rings is 1. The SMILES string of the molecule is C=C[C@@H]1C[C@]1(NC(=O)[C@@H]1C[C@@H](Oc2nc3cc(OC)ccc3nc2Cl)CN1C(=O)[C@@H](CC(=O)OC1CCCC1)C(C)(C)C)C(=O)NS(=O)(=O)C1CC1. The number of sulfonamides is 1. The Morgan fingerprint density at radius 2 is 1.81 bits per heavy atom. The lowest BCUT2D eigenvalue weighted by Crippen LogP contribution is -2.57. The third-order valence-electron chi connectivity index (χ3n) is 10.5. The zero-order valence-electron chi connectivity index (χ0n) is 29.9. The fourth-order valence-corrected chi connectivity index (χ4v) is 8.66. The van der Waals surface area contributed by atoms with Crippen LogP contribution in [-0.4, -0.2) is 89.7 Å². The Bertz CT molecular complexity index is 1870. The summed E-state index contributed by atoms with van der Waals surface area (Å²) >= 11 is 6.49. The van der Waals surface area contributed by atoms with Crippen molar-refractivity contribution >= 4 is 56.3 Å². The van der Waals surface area contributed by atoms with Crippen molar-refractivity contribution in [2.75, 3.05) is 13.7 Å². The van der Waals surface area contributed by atoms with E-state index < -0.39 is 73.9 Å². The molecule has 2 heterocycles. The minimum atomic E-state index is -3.90. The molecular formula is C36H46ClN5O9S. The summed E-state index contributed by atoms with van der Waals surface area (Å²) in [5.74, 6) is -3.33. The van der Waals surface area contributed by atoms with E-state index in [0.29, 0.717) is 29.6 Å². The fourth-order valence-electron chi connectivity index (χ4n) is 7.12. The van der Waals surface area contributed by atoms with E-state index in [1.807, 2.05) is 20.8 Å². The van der Waals surface area contributed by atoms with E-state index in [1.165, 1.54) is 18.1 Å². The van der Waals surface area contributed by atoms with E-state index in [9.17, 15) is 27.6 Å². The summed E-state index contributed by atoms with van der Waals surface area (Å²) in [5.41, 5.74) is -1.31. The molecular weight excluding hydrogens is 714 g/mol. The van der Waals surface area contributed by atoms with Gasteiger partial charge in [-0.15, -0.1) is 6.58 Å². The Morgan fingerprint density at radius 1 is 1.10 bits per heavy atom. The number of methoxy groups -OCH3 is 1. The van der Waals surface area contributed by atoms with Gasteiger partial charge in [0.2, 0.25) is 21.8 Å². The van der Waals surface area contributed by atoms with Gasteiger partial charge in [0.1, 0.15) is 29.5 Å². The molecule has 282 valence electrons. The van der Waals surface area contributed by atoms with Crippen LogP contribution in [0.3, 0.4) is 0 Å². The average molecular weight is 760 g/mol. The molecule has 1 aliphatic heterocycles. The maximum atomic E-state index is 14.5. The van der Waals surface area contributed by atoms with Crippen LogP contribution < -0.4 is 19.5 Å². The lowest BCUT2D eigenvalue weighted by atomic mass is 9.77. The summed E-state index contributed by atoms with van der Waals surface area (Å²) in [4.78, 5) is 65.7. The first kappa shape index (κ1) is 37.8. The minimum Gasteiger partial charge on any atom is -0.497 e. The first-order chi connectivity index (χ1) is 24.5. The van der Waals surface area contributed by atoms with Gasteiger partial charge in [-0.25, -0.2) is 18.4 Å². The van der Waals surface area contributed by atoms with Gasteiger partial charge in [0.25, 0.3) is 11.8 Å². The van der Waals surface area contributed by atoms with Gasteiger partial charge < -0.3 is 24.4 Å². The molecule has 5 atom stereocenters. The van der Waals surface area contributed by atoms with E-state index in [-0.39, 0.29) is 42.9 Å². The number of rotatable bonds is 13. The second kappa shape index (κ2) is 14.4. The zero-order valence-corrected chi connectivity index (χ0v) is 31.4. The summed E-state index contributed by atoms with van der Waals surface area (Å²) in [6.45, 7) is 9.22.